The van der Waals surface area contributed by atoms with Gasteiger partial charge >= 0.3 is 0 Å². The average molecular weight is 509 g/mol. The number of aliphatic hydroxyl groups is 1. The molecule has 33 heavy (non-hydrogen) atoms. The normalized spacial score (nSPS) is 17.3. The van der Waals surface area contributed by atoms with Crippen LogP contribution >= 0.6 is 15.9 Å². The van der Waals surface area contributed by atoms with E-state index in [1.165, 1.54) is 12.0 Å². The summed E-state index contributed by atoms with van der Waals surface area (Å²) in [6, 6.07) is 16.6. The Kier molecular flexibility index (Phi) is 6.46. The Morgan fingerprint density at radius 3 is 2.55 bits per heavy atom. The summed E-state index contributed by atoms with van der Waals surface area (Å²) < 4.78 is 11.1. The third kappa shape index (κ3) is 4.34. The zero-order valence-corrected chi connectivity index (χ0v) is 19.6. The third-order valence-corrected chi connectivity index (χ3v) is 6.04. The number of benzene rings is 2. The van der Waals surface area contributed by atoms with Crippen molar-refractivity contribution in [2.45, 2.75) is 12.6 Å². The molecule has 3 aromatic rings. The van der Waals surface area contributed by atoms with Gasteiger partial charge in [0.1, 0.15) is 23.3 Å². The molecular weight excluding hydrogens is 488 g/mol. The Morgan fingerprint density at radius 2 is 1.88 bits per heavy atom. The fraction of sp³-hybridized carbons (Fsp3) is 0.160. The van der Waals surface area contributed by atoms with Gasteiger partial charge in [-0.1, -0.05) is 18.2 Å². The summed E-state index contributed by atoms with van der Waals surface area (Å²) in [6.07, 6.45) is 1.59. The Labute approximate surface area is 199 Å². The zero-order chi connectivity index (χ0) is 23.5. The van der Waals surface area contributed by atoms with E-state index in [4.69, 9.17) is 9.47 Å². The summed E-state index contributed by atoms with van der Waals surface area (Å²) in [7, 11) is 3.09. The summed E-state index contributed by atoms with van der Waals surface area (Å²) >= 11 is 3.40. The minimum atomic E-state index is -0.849. The fourth-order valence-corrected chi connectivity index (χ4v) is 4.37. The lowest BCUT2D eigenvalue weighted by atomic mass is 9.98. The van der Waals surface area contributed by atoms with Crippen LogP contribution < -0.4 is 9.47 Å². The van der Waals surface area contributed by atoms with E-state index >= 15 is 0 Å². The van der Waals surface area contributed by atoms with Crippen LogP contribution in [0, 0.1) is 0 Å². The molecule has 0 radical (unpaired) electrons. The molecule has 168 valence electrons. The van der Waals surface area contributed by atoms with Crippen molar-refractivity contribution in [3.05, 3.63) is 93.7 Å². The van der Waals surface area contributed by atoms with E-state index in [1.807, 2.05) is 12.1 Å². The number of ketones is 1. The predicted octanol–water partition coefficient (Wildman–Crippen LogP) is 4.48. The van der Waals surface area contributed by atoms with Crippen molar-refractivity contribution in [3.63, 3.8) is 0 Å². The molecule has 0 aliphatic carbocycles. The lowest BCUT2D eigenvalue weighted by molar-refractivity contribution is -0.140. The van der Waals surface area contributed by atoms with Gasteiger partial charge in [-0.15, -0.1) is 0 Å². The van der Waals surface area contributed by atoms with E-state index < -0.39 is 17.7 Å². The highest BCUT2D eigenvalue weighted by Gasteiger charge is 2.46. The van der Waals surface area contributed by atoms with E-state index in [-0.39, 0.29) is 17.9 Å². The Bertz CT molecular complexity index is 1240. The quantitative estimate of drug-likeness (QED) is 0.300. The number of Topliss-reactive ketones (excluding diaryl/α,β-unsaturated/α-hetero) is 1. The van der Waals surface area contributed by atoms with Crippen LogP contribution in [-0.4, -0.2) is 40.9 Å². The first kappa shape index (κ1) is 22.5. The molecule has 0 spiro atoms. The number of aromatic nitrogens is 1. The van der Waals surface area contributed by atoms with Crippen molar-refractivity contribution in [1.82, 2.24) is 9.88 Å². The van der Waals surface area contributed by atoms with Gasteiger partial charge in [-0.05, 0) is 64.0 Å². The predicted molar refractivity (Wildman–Crippen MR) is 126 cm³/mol. The van der Waals surface area contributed by atoms with Gasteiger partial charge in [0.15, 0.2) is 0 Å². The highest BCUT2D eigenvalue weighted by molar-refractivity contribution is 9.10. The molecule has 1 atom stereocenters. The maximum atomic E-state index is 13.1. The first-order valence-electron chi connectivity index (χ1n) is 10.1. The zero-order valence-electron chi connectivity index (χ0n) is 18.0. The molecule has 1 unspecified atom stereocenters. The summed E-state index contributed by atoms with van der Waals surface area (Å²) in [4.78, 5) is 32.0. The number of carbonyl (C=O) groups is 2. The van der Waals surface area contributed by atoms with Gasteiger partial charge in [-0.3, -0.25) is 14.6 Å². The Balaban J connectivity index is 1.83. The number of likely N-dealkylation sites (tertiary alicyclic amines) is 1. The van der Waals surface area contributed by atoms with Crippen molar-refractivity contribution in [3.8, 4) is 11.5 Å². The van der Waals surface area contributed by atoms with Crippen LogP contribution in [-0.2, 0) is 16.1 Å². The van der Waals surface area contributed by atoms with Crippen LogP contribution in [0.1, 0.15) is 22.9 Å². The number of carbonyl (C=O) groups excluding carboxylic acids is 2. The van der Waals surface area contributed by atoms with Crippen LogP contribution in [0.2, 0.25) is 0 Å². The lowest BCUT2D eigenvalue weighted by Crippen LogP contribution is -2.29. The van der Waals surface area contributed by atoms with Gasteiger partial charge in [-0.25, -0.2) is 0 Å². The second kappa shape index (κ2) is 9.46. The molecule has 1 fully saturated rings. The number of amides is 1. The van der Waals surface area contributed by atoms with Crippen LogP contribution in [0.25, 0.3) is 5.76 Å². The number of halogens is 1. The van der Waals surface area contributed by atoms with Gasteiger partial charge in [0, 0.05) is 18.3 Å². The molecule has 1 N–H and O–H groups in total. The fourth-order valence-electron chi connectivity index (χ4n) is 3.82. The second-order valence-electron chi connectivity index (χ2n) is 7.38. The average Bonchev–Trinajstić information content (AvgIpc) is 3.09. The molecule has 8 heteroatoms. The topological polar surface area (TPSA) is 89.0 Å². The van der Waals surface area contributed by atoms with Crippen LogP contribution in [0.15, 0.2) is 76.9 Å². The maximum absolute atomic E-state index is 13.1. The SMILES string of the molecule is COc1cccc(CN2C(=O)C(=O)/C(=C(\O)c3ccc(OC)c(Br)c3)C2c2ccccn2)c1. The van der Waals surface area contributed by atoms with Crippen molar-refractivity contribution < 1.29 is 24.2 Å². The van der Waals surface area contributed by atoms with E-state index in [0.29, 0.717) is 27.2 Å². The van der Waals surface area contributed by atoms with E-state index in [0.717, 1.165) is 5.56 Å². The van der Waals surface area contributed by atoms with Gasteiger partial charge in [0.2, 0.25) is 0 Å². The number of hydrogen-bond acceptors (Lipinski definition) is 6. The Morgan fingerprint density at radius 1 is 1.06 bits per heavy atom. The number of methoxy groups -OCH3 is 2. The van der Waals surface area contributed by atoms with Crippen LogP contribution in [0.3, 0.4) is 0 Å². The van der Waals surface area contributed by atoms with Crippen LogP contribution in [0.4, 0.5) is 0 Å². The largest absolute Gasteiger partial charge is 0.507 e. The van der Waals surface area contributed by atoms with Crippen LogP contribution in [0.5, 0.6) is 11.5 Å². The molecule has 0 saturated carbocycles. The Hall–Kier alpha value is -3.65. The molecule has 7 nitrogen and oxygen atoms in total. The number of aliphatic hydroxyl groups excluding tert-OH is 1. The smallest absolute Gasteiger partial charge is 0.296 e. The molecule has 1 aliphatic rings. The minimum absolute atomic E-state index is 0.0151. The minimum Gasteiger partial charge on any atom is -0.507 e. The highest BCUT2D eigenvalue weighted by atomic mass is 79.9. The monoisotopic (exact) mass is 508 g/mol. The number of ether oxygens (including phenoxy) is 2. The maximum Gasteiger partial charge on any atom is 0.296 e. The molecule has 2 heterocycles. The first-order valence-corrected chi connectivity index (χ1v) is 10.9. The molecule has 2 aromatic carbocycles. The van der Waals surface area contributed by atoms with Crippen molar-refractivity contribution in [2.75, 3.05) is 14.2 Å². The van der Waals surface area contributed by atoms with E-state index in [9.17, 15) is 14.7 Å². The lowest BCUT2D eigenvalue weighted by Gasteiger charge is -2.24. The standard InChI is InChI=1S/C25H21BrN2O5/c1-32-17-7-5-6-15(12-17)14-28-22(19-8-3-4-11-27-19)21(24(30)25(28)31)23(29)16-9-10-20(33-2)18(26)13-16/h3-13,22,29H,14H2,1-2H3/b23-21-. The van der Waals surface area contributed by atoms with Gasteiger partial charge in [-0.2, -0.15) is 0 Å². The summed E-state index contributed by atoms with van der Waals surface area (Å²) in [6.45, 7) is 0.145. The third-order valence-electron chi connectivity index (χ3n) is 5.42. The van der Waals surface area contributed by atoms with Crippen molar-refractivity contribution in [2.24, 2.45) is 0 Å². The highest BCUT2D eigenvalue weighted by Crippen LogP contribution is 2.40. The van der Waals surface area contributed by atoms with Crippen molar-refractivity contribution in [1.29, 1.82) is 0 Å². The summed E-state index contributed by atoms with van der Waals surface area (Å²) in [5, 5.41) is 11.2. The summed E-state index contributed by atoms with van der Waals surface area (Å²) in [5.41, 5.74) is 1.62. The number of rotatable bonds is 6. The number of pyridine rings is 1. The second-order valence-corrected chi connectivity index (χ2v) is 8.24. The van der Waals surface area contributed by atoms with E-state index in [1.54, 1.807) is 61.8 Å². The molecule has 0 bridgehead atoms. The molecule has 1 amide bonds. The molecule has 1 aromatic heterocycles. The van der Waals surface area contributed by atoms with E-state index in [2.05, 4.69) is 20.9 Å². The molecule has 1 aliphatic heterocycles. The molecular formula is C25H21BrN2O5. The molecule has 1 saturated heterocycles. The van der Waals surface area contributed by atoms with Gasteiger partial charge in [0.05, 0.1) is 30.0 Å². The number of hydrogen-bond donors (Lipinski definition) is 1. The summed E-state index contributed by atoms with van der Waals surface area (Å²) in [5.74, 6) is -0.533. The molecule has 4 rings (SSSR count). The van der Waals surface area contributed by atoms with Gasteiger partial charge < -0.3 is 19.5 Å². The number of nitrogens with zero attached hydrogens (tertiary/aromatic N) is 2. The first-order chi connectivity index (χ1) is 15.9. The van der Waals surface area contributed by atoms with Crippen molar-refractivity contribution >= 4 is 33.4 Å². The van der Waals surface area contributed by atoms with Gasteiger partial charge in [0.25, 0.3) is 11.7 Å².